The Balaban J connectivity index is 1.29. The molecule has 2 aliphatic rings. The van der Waals surface area contributed by atoms with Gasteiger partial charge in [-0.15, -0.1) is 0 Å². The molecule has 0 unspecified atom stereocenters. The molecule has 0 spiro atoms. The van der Waals surface area contributed by atoms with E-state index < -0.39 is 23.3 Å². The molecule has 2 N–H and O–H groups in total. The highest BCUT2D eigenvalue weighted by atomic mass is 19.1. The number of aromatic nitrogens is 4. The van der Waals surface area contributed by atoms with E-state index in [0.29, 0.717) is 36.4 Å². The van der Waals surface area contributed by atoms with Gasteiger partial charge >= 0.3 is 6.09 Å². The van der Waals surface area contributed by atoms with E-state index in [1.54, 1.807) is 54.3 Å². The summed E-state index contributed by atoms with van der Waals surface area (Å²) < 4.78 is 43.5. The molecular weight excluding hydrogens is 580 g/mol. The number of fused-ring (bicyclic) bond motifs is 1. The summed E-state index contributed by atoms with van der Waals surface area (Å²) in [4.78, 5) is 24.9. The zero-order valence-electron chi connectivity index (χ0n) is 26.0. The Kier molecular flexibility index (Phi) is 8.45. The lowest BCUT2D eigenvalue weighted by Crippen LogP contribution is -2.62. The van der Waals surface area contributed by atoms with E-state index in [-0.39, 0.29) is 29.3 Å². The first-order valence-corrected chi connectivity index (χ1v) is 15.3. The second kappa shape index (κ2) is 12.3. The molecule has 2 fully saturated rings. The third-order valence-electron chi connectivity index (χ3n) is 9.52. The van der Waals surface area contributed by atoms with E-state index in [2.05, 4.69) is 26.9 Å². The van der Waals surface area contributed by atoms with Gasteiger partial charge in [0.05, 0.1) is 41.7 Å². The zero-order chi connectivity index (χ0) is 31.9. The van der Waals surface area contributed by atoms with Crippen LogP contribution in [0.4, 0.5) is 19.3 Å². The van der Waals surface area contributed by atoms with Crippen molar-refractivity contribution in [3.05, 3.63) is 77.5 Å². The molecule has 6 rings (SSSR count). The van der Waals surface area contributed by atoms with Crippen LogP contribution in [0.5, 0.6) is 0 Å². The van der Waals surface area contributed by atoms with Crippen molar-refractivity contribution in [2.45, 2.75) is 56.7 Å². The number of amides is 1. The molecular formula is C33H39F2N7O3. The minimum absolute atomic E-state index is 0.0685. The lowest BCUT2D eigenvalue weighted by Gasteiger charge is -2.45. The number of anilines is 1. The molecule has 1 saturated heterocycles. The summed E-state index contributed by atoms with van der Waals surface area (Å²) in [7, 11) is 4.67. The molecule has 0 radical (unpaired) electrons. The van der Waals surface area contributed by atoms with Gasteiger partial charge in [-0.25, -0.2) is 23.1 Å². The van der Waals surface area contributed by atoms with Crippen LogP contribution in [0.3, 0.4) is 0 Å². The van der Waals surface area contributed by atoms with Gasteiger partial charge in [0, 0.05) is 63.4 Å². The fraction of sp³-hybridized carbons (Fsp3) is 0.455. The number of methoxy groups -OCH3 is 2. The van der Waals surface area contributed by atoms with Gasteiger partial charge in [0.15, 0.2) is 0 Å². The lowest BCUT2D eigenvalue weighted by molar-refractivity contribution is -0.00915. The van der Waals surface area contributed by atoms with Crippen LogP contribution in [0, 0.1) is 17.6 Å². The van der Waals surface area contributed by atoms with Crippen LogP contribution in [0.25, 0.3) is 16.8 Å². The smallest absolute Gasteiger partial charge is 0.409 e. The second-order valence-corrected chi connectivity index (χ2v) is 12.2. The van der Waals surface area contributed by atoms with Crippen molar-refractivity contribution in [3.8, 4) is 11.3 Å². The SMILES string of the molecule is COC(=O)N(C)[C@@H]1[C@H](N)CN(c2ccncc2Cc2ncc3ccc(-c4c(F)cc(C5(OC)CCCC5)cc4F)nn23)C[C@@H]1C. The maximum Gasteiger partial charge on any atom is 0.409 e. The first-order chi connectivity index (χ1) is 21.7. The van der Waals surface area contributed by atoms with Crippen molar-refractivity contribution < 1.29 is 23.0 Å². The quantitative estimate of drug-likeness (QED) is 0.310. The van der Waals surface area contributed by atoms with Gasteiger partial charge in [0.2, 0.25) is 0 Å². The zero-order valence-corrected chi connectivity index (χ0v) is 26.0. The van der Waals surface area contributed by atoms with E-state index in [4.69, 9.17) is 15.2 Å². The summed E-state index contributed by atoms with van der Waals surface area (Å²) in [6.07, 6.45) is 8.54. The average Bonchev–Trinajstić information content (AvgIpc) is 3.68. The van der Waals surface area contributed by atoms with Crippen molar-refractivity contribution in [1.29, 1.82) is 0 Å². The highest BCUT2D eigenvalue weighted by Gasteiger charge is 2.39. The average molecular weight is 620 g/mol. The number of hydrogen-bond donors (Lipinski definition) is 1. The van der Waals surface area contributed by atoms with Crippen LogP contribution in [-0.2, 0) is 21.5 Å². The molecule has 3 atom stereocenters. The van der Waals surface area contributed by atoms with Crippen molar-refractivity contribution in [2.24, 2.45) is 11.7 Å². The highest BCUT2D eigenvalue weighted by Crippen LogP contribution is 2.43. The molecule has 45 heavy (non-hydrogen) atoms. The number of pyridine rings is 1. The van der Waals surface area contributed by atoms with Gasteiger partial charge in [0.25, 0.3) is 0 Å². The molecule has 3 aromatic heterocycles. The van der Waals surface area contributed by atoms with Crippen molar-refractivity contribution >= 4 is 17.3 Å². The number of nitrogens with two attached hydrogens (primary N) is 1. The lowest BCUT2D eigenvalue weighted by atomic mass is 9.88. The largest absolute Gasteiger partial charge is 0.453 e. The highest BCUT2D eigenvalue weighted by molar-refractivity contribution is 5.68. The molecule has 238 valence electrons. The summed E-state index contributed by atoms with van der Waals surface area (Å²) in [5.74, 6) is -0.689. The molecule has 1 aliphatic heterocycles. The van der Waals surface area contributed by atoms with Crippen LogP contribution in [0.2, 0.25) is 0 Å². The Morgan fingerprint density at radius 1 is 1.11 bits per heavy atom. The van der Waals surface area contributed by atoms with E-state index in [0.717, 1.165) is 36.9 Å². The van der Waals surface area contributed by atoms with Gasteiger partial charge in [0.1, 0.15) is 17.5 Å². The van der Waals surface area contributed by atoms with E-state index in [9.17, 15) is 4.79 Å². The van der Waals surface area contributed by atoms with E-state index in [1.165, 1.54) is 19.2 Å². The number of rotatable bonds is 7. The van der Waals surface area contributed by atoms with Gasteiger partial charge in [-0.05, 0) is 54.7 Å². The van der Waals surface area contributed by atoms with Crippen LogP contribution in [-0.4, -0.2) is 77.0 Å². The van der Waals surface area contributed by atoms with Crippen molar-refractivity contribution in [3.63, 3.8) is 0 Å². The number of ether oxygens (including phenoxy) is 2. The predicted molar refractivity (Wildman–Crippen MR) is 166 cm³/mol. The summed E-state index contributed by atoms with van der Waals surface area (Å²) in [5, 5.41) is 4.65. The third-order valence-corrected chi connectivity index (χ3v) is 9.52. The molecule has 1 amide bonds. The molecule has 1 aromatic carbocycles. The van der Waals surface area contributed by atoms with Gasteiger partial charge in [-0.3, -0.25) is 4.98 Å². The monoisotopic (exact) mass is 619 g/mol. The molecule has 4 heterocycles. The Labute approximate surface area is 261 Å². The maximum absolute atomic E-state index is 15.6. The number of carbonyl (C=O) groups is 1. The molecule has 4 aromatic rings. The molecule has 12 heteroatoms. The van der Waals surface area contributed by atoms with Gasteiger partial charge in [-0.2, -0.15) is 5.10 Å². The second-order valence-electron chi connectivity index (χ2n) is 12.2. The molecule has 0 bridgehead atoms. The number of hydrogen-bond acceptors (Lipinski definition) is 8. The van der Waals surface area contributed by atoms with E-state index >= 15 is 8.78 Å². The van der Waals surface area contributed by atoms with Crippen LogP contribution in [0.15, 0.2) is 48.9 Å². The van der Waals surface area contributed by atoms with Crippen LogP contribution in [0.1, 0.15) is 49.6 Å². The van der Waals surface area contributed by atoms with E-state index in [1.807, 2.05) is 6.07 Å². The fourth-order valence-electron chi connectivity index (χ4n) is 7.31. The molecule has 1 aliphatic carbocycles. The van der Waals surface area contributed by atoms with Crippen LogP contribution < -0.4 is 10.6 Å². The Hall–Kier alpha value is -4.16. The number of imidazole rings is 1. The summed E-state index contributed by atoms with van der Waals surface area (Å²) in [6, 6.07) is 7.59. The first kappa shape index (κ1) is 30.8. The topological polar surface area (TPSA) is 111 Å². The Morgan fingerprint density at radius 3 is 2.51 bits per heavy atom. The fourth-order valence-corrected chi connectivity index (χ4v) is 7.31. The number of halogens is 2. The maximum atomic E-state index is 15.6. The third kappa shape index (κ3) is 5.61. The number of benzene rings is 1. The van der Waals surface area contributed by atoms with Crippen LogP contribution >= 0.6 is 0 Å². The minimum Gasteiger partial charge on any atom is -0.453 e. The summed E-state index contributed by atoms with van der Waals surface area (Å²) in [6.45, 7) is 3.26. The van der Waals surface area contributed by atoms with Gasteiger partial charge < -0.3 is 25.0 Å². The standard InChI is InChI=1S/C33H39F2N7O3/c1-20-18-41(19-26(36)31(20)40(2)32(43)44-3)28-9-12-37-16-21(28)13-29-38-17-23-7-8-27(39-42(23)29)30-24(34)14-22(15-25(30)35)33(45-4)10-5-6-11-33/h7-9,12,14-17,20,26,31H,5-6,10-11,13,18-19,36H2,1-4H3/t20-,26+,31-/m0/s1. The van der Waals surface area contributed by atoms with Crippen molar-refractivity contribution in [1.82, 2.24) is 24.5 Å². The number of nitrogens with zero attached hydrogens (tertiary/aromatic N) is 6. The number of carbonyl (C=O) groups excluding carboxylic acids is 1. The first-order valence-electron chi connectivity index (χ1n) is 15.3. The predicted octanol–water partition coefficient (Wildman–Crippen LogP) is 4.93. The molecule has 1 saturated carbocycles. The Morgan fingerprint density at radius 2 is 1.84 bits per heavy atom. The van der Waals surface area contributed by atoms with Crippen molar-refractivity contribution in [2.75, 3.05) is 39.3 Å². The summed E-state index contributed by atoms with van der Waals surface area (Å²) in [5.41, 5.74) is 9.00. The van der Waals surface area contributed by atoms with Gasteiger partial charge in [-0.1, -0.05) is 19.8 Å². The molecule has 10 nitrogen and oxygen atoms in total. The Bertz CT molecular complexity index is 1670. The summed E-state index contributed by atoms with van der Waals surface area (Å²) >= 11 is 0. The normalized spacial score (nSPS) is 21.3. The minimum atomic E-state index is -0.678. The number of likely N-dealkylation sites (N-methyl/N-ethyl adjacent to an activating group) is 1. The number of piperidine rings is 1.